The molecule has 0 aliphatic carbocycles. The number of nitrogens with zero attached hydrogens (tertiary/aromatic N) is 1. The van der Waals surface area contributed by atoms with E-state index in [-0.39, 0.29) is 0 Å². The van der Waals surface area contributed by atoms with Gasteiger partial charge in [-0.2, -0.15) is 5.10 Å². The molecule has 0 atom stereocenters. The normalized spacial score (nSPS) is 10.5. The summed E-state index contributed by atoms with van der Waals surface area (Å²) in [5.74, 6) is -1.47. The highest BCUT2D eigenvalue weighted by Gasteiger charge is 2.11. The van der Waals surface area contributed by atoms with Crippen molar-refractivity contribution in [3.05, 3.63) is 71.3 Å². The van der Waals surface area contributed by atoms with E-state index in [0.29, 0.717) is 13.0 Å². The maximum atomic E-state index is 11.6. The first kappa shape index (κ1) is 16.4. The van der Waals surface area contributed by atoms with Gasteiger partial charge >= 0.3 is 11.8 Å². The van der Waals surface area contributed by atoms with Crippen molar-refractivity contribution in [3.63, 3.8) is 0 Å². The fourth-order valence-electron chi connectivity index (χ4n) is 1.99. The third kappa shape index (κ3) is 5.39. The van der Waals surface area contributed by atoms with Crippen molar-refractivity contribution >= 4 is 18.0 Å². The third-order valence-corrected chi connectivity index (χ3v) is 3.31. The zero-order valence-electron chi connectivity index (χ0n) is 13.0. The first-order chi connectivity index (χ1) is 11.2. The zero-order valence-corrected chi connectivity index (χ0v) is 13.0. The second-order valence-corrected chi connectivity index (χ2v) is 5.05. The minimum atomic E-state index is -0.775. The van der Waals surface area contributed by atoms with E-state index in [1.165, 1.54) is 6.21 Å². The van der Waals surface area contributed by atoms with Crippen LogP contribution in [0.25, 0.3) is 0 Å². The number of hydrogen-bond acceptors (Lipinski definition) is 3. The van der Waals surface area contributed by atoms with E-state index >= 15 is 0 Å². The smallest absolute Gasteiger partial charge is 0.329 e. The molecule has 0 unspecified atom stereocenters. The molecule has 2 aromatic rings. The number of nitrogens with one attached hydrogen (secondary N) is 2. The summed E-state index contributed by atoms with van der Waals surface area (Å²) in [7, 11) is 0. The van der Waals surface area contributed by atoms with Gasteiger partial charge in [-0.25, -0.2) is 5.43 Å². The Morgan fingerprint density at radius 2 is 1.70 bits per heavy atom. The number of carbonyl (C=O) groups is 2. The fraction of sp³-hybridized carbons (Fsp3) is 0.167. The number of benzene rings is 2. The van der Waals surface area contributed by atoms with E-state index in [1.54, 1.807) is 0 Å². The van der Waals surface area contributed by atoms with Crippen LogP contribution in [0.3, 0.4) is 0 Å². The Bertz CT molecular complexity index is 696. The number of hydrazone groups is 1. The molecule has 0 saturated heterocycles. The molecule has 2 aromatic carbocycles. The summed E-state index contributed by atoms with van der Waals surface area (Å²) in [5, 5.41) is 6.37. The Morgan fingerprint density at radius 3 is 2.43 bits per heavy atom. The molecule has 0 saturated carbocycles. The summed E-state index contributed by atoms with van der Waals surface area (Å²) in [6.45, 7) is 2.34. The number of carbonyl (C=O) groups excluding carboxylic acids is 2. The quantitative estimate of drug-likeness (QED) is 0.502. The topological polar surface area (TPSA) is 70.6 Å². The second-order valence-electron chi connectivity index (χ2n) is 5.05. The van der Waals surface area contributed by atoms with Gasteiger partial charge in [-0.1, -0.05) is 54.6 Å². The van der Waals surface area contributed by atoms with Gasteiger partial charge in [0.25, 0.3) is 0 Å². The van der Waals surface area contributed by atoms with Gasteiger partial charge in [0.05, 0.1) is 6.21 Å². The van der Waals surface area contributed by atoms with E-state index in [1.807, 2.05) is 61.5 Å². The number of rotatable bonds is 5. The Morgan fingerprint density at radius 1 is 1.00 bits per heavy atom. The largest absolute Gasteiger partial charge is 0.347 e. The summed E-state index contributed by atoms with van der Waals surface area (Å²) in [6.07, 6.45) is 2.19. The lowest BCUT2D eigenvalue weighted by Crippen LogP contribution is -2.38. The molecule has 0 aliphatic rings. The Kier molecular flexibility index (Phi) is 6.06. The van der Waals surface area contributed by atoms with Crippen molar-refractivity contribution < 1.29 is 9.59 Å². The number of aryl methyl sites for hydroxylation is 1. The number of hydrogen-bond donors (Lipinski definition) is 2. The summed E-state index contributed by atoms with van der Waals surface area (Å²) in [5.41, 5.74) is 5.25. The molecule has 5 heteroatoms. The highest BCUT2D eigenvalue weighted by molar-refractivity contribution is 6.35. The summed E-state index contributed by atoms with van der Waals surface area (Å²) in [4.78, 5) is 23.3. The van der Waals surface area contributed by atoms with Crippen molar-refractivity contribution in [2.24, 2.45) is 5.10 Å². The van der Waals surface area contributed by atoms with Crippen LogP contribution < -0.4 is 10.7 Å². The van der Waals surface area contributed by atoms with E-state index in [9.17, 15) is 9.59 Å². The standard InChI is InChI=1S/C18H19N3O2/c1-14-7-5-6-10-16(14)13-20-21-18(23)17(22)19-12-11-15-8-3-2-4-9-15/h2-10,13H,11-12H2,1H3,(H,19,22)(H,21,23)/b20-13-. The average Bonchev–Trinajstić information content (AvgIpc) is 2.57. The van der Waals surface area contributed by atoms with E-state index in [2.05, 4.69) is 15.8 Å². The SMILES string of the molecule is Cc1ccccc1/C=N\NC(=O)C(=O)NCCc1ccccc1. The van der Waals surface area contributed by atoms with Gasteiger partial charge in [-0.15, -0.1) is 0 Å². The van der Waals surface area contributed by atoms with Gasteiger partial charge in [0.1, 0.15) is 0 Å². The lowest BCUT2D eigenvalue weighted by Gasteiger charge is -2.04. The predicted octanol–water partition coefficient (Wildman–Crippen LogP) is 1.80. The van der Waals surface area contributed by atoms with Crippen molar-refractivity contribution in [3.8, 4) is 0 Å². The Hall–Kier alpha value is -2.95. The fourth-order valence-corrected chi connectivity index (χ4v) is 1.99. The van der Waals surface area contributed by atoms with Gasteiger partial charge in [-0.05, 0) is 30.0 Å². The summed E-state index contributed by atoms with van der Waals surface area (Å²) >= 11 is 0. The summed E-state index contributed by atoms with van der Waals surface area (Å²) in [6, 6.07) is 17.4. The molecule has 118 valence electrons. The Balaban J connectivity index is 1.75. The molecule has 23 heavy (non-hydrogen) atoms. The van der Waals surface area contributed by atoms with Gasteiger partial charge < -0.3 is 5.32 Å². The Labute approximate surface area is 135 Å². The molecule has 0 fully saturated rings. The van der Waals surface area contributed by atoms with Crippen LogP contribution in [-0.2, 0) is 16.0 Å². The van der Waals surface area contributed by atoms with Crippen LogP contribution >= 0.6 is 0 Å². The molecular formula is C18H19N3O2. The molecule has 0 spiro atoms. The van der Waals surface area contributed by atoms with Crippen LogP contribution in [0.4, 0.5) is 0 Å². The van der Waals surface area contributed by atoms with Crippen molar-refractivity contribution in [2.45, 2.75) is 13.3 Å². The van der Waals surface area contributed by atoms with Crippen molar-refractivity contribution in [1.82, 2.24) is 10.7 Å². The molecular weight excluding hydrogens is 290 g/mol. The highest BCUT2D eigenvalue weighted by atomic mass is 16.2. The third-order valence-electron chi connectivity index (χ3n) is 3.31. The lowest BCUT2D eigenvalue weighted by molar-refractivity contribution is -0.139. The number of amides is 2. The summed E-state index contributed by atoms with van der Waals surface area (Å²) < 4.78 is 0. The molecule has 0 heterocycles. The molecule has 0 aromatic heterocycles. The molecule has 5 nitrogen and oxygen atoms in total. The first-order valence-electron chi connectivity index (χ1n) is 7.37. The van der Waals surface area contributed by atoms with Crippen LogP contribution in [-0.4, -0.2) is 24.6 Å². The van der Waals surface area contributed by atoms with Gasteiger partial charge in [0, 0.05) is 6.54 Å². The van der Waals surface area contributed by atoms with Crippen LogP contribution in [0, 0.1) is 6.92 Å². The predicted molar refractivity (Wildman–Crippen MR) is 90.1 cm³/mol. The zero-order chi connectivity index (χ0) is 16.5. The molecule has 0 bridgehead atoms. The first-order valence-corrected chi connectivity index (χ1v) is 7.37. The molecule has 2 N–H and O–H groups in total. The van der Waals surface area contributed by atoms with E-state index < -0.39 is 11.8 Å². The molecule has 2 rings (SSSR count). The van der Waals surface area contributed by atoms with Gasteiger partial charge in [0.15, 0.2) is 0 Å². The second kappa shape index (κ2) is 8.48. The highest BCUT2D eigenvalue weighted by Crippen LogP contribution is 2.03. The van der Waals surface area contributed by atoms with Gasteiger partial charge in [0.2, 0.25) is 0 Å². The lowest BCUT2D eigenvalue weighted by atomic mass is 10.1. The average molecular weight is 309 g/mol. The van der Waals surface area contributed by atoms with Crippen LogP contribution in [0.5, 0.6) is 0 Å². The maximum Gasteiger partial charge on any atom is 0.329 e. The van der Waals surface area contributed by atoms with Crippen LogP contribution in [0.15, 0.2) is 59.7 Å². The molecule has 2 amide bonds. The van der Waals surface area contributed by atoms with Crippen molar-refractivity contribution in [2.75, 3.05) is 6.54 Å². The van der Waals surface area contributed by atoms with E-state index in [4.69, 9.17) is 0 Å². The monoisotopic (exact) mass is 309 g/mol. The van der Waals surface area contributed by atoms with E-state index in [0.717, 1.165) is 16.7 Å². The minimum Gasteiger partial charge on any atom is -0.347 e. The maximum absolute atomic E-state index is 11.6. The minimum absolute atomic E-state index is 0.401. The molecule has 0 radical (unpaired) electrons. The molecule has 0 aliphatic heterocycles. The van der Waals surface area contributed by atoms with Crippen LogP contribution in [0.1, 0.15) is 16.7 Å². The van der Waals surface area contributed by atoms with Gasteiger partial charge in [-0.3, -0.25) is 9.59 Å². The van der Waals surface area contributed by atoms with Crippen LogP contribution in [0.2, 0.25) is 0 Å². The van der Waals surface area contributed by atoms with Crippen molar-refractivity contribution in [1.29, 1.82) is 0 Å².